The zero-order valence-electron chi connectivity index (χ0n) is 12.4. The van der Waals surface area contributed by atoms with Crippen LogP contribution in [0.15, 0.2) is 15.7 Å². The Morgan fingerprint density at radius 1 is 1.36 bits per heavy atom. The molecule has 1 spiro atoms. The molecule has 1 atom stereocenters. The fourth-order valence-electron chi connectivity index (χ4n) is 3.22. The van der Waals surface area contributed by atoms with Gasteiger partial charge in [-0.3, -0.25) is 0 Å². The van der Waals surface area contributed by atoms with E-state index in [1.807, 2.05) is 0 Å². The maximum atomic E-state index is 11.3. The van der Waals surface area contributed by atoms with Crippen molar-refractivity contribution in [2.75, 3.05) is 31.7 Å². The number of ether oxygens (including phenoxy) is 2. The molecule has 0 aromatic carbocycles. The lowest BCUT2D eigenvalue weighted by atomic mass is 9.81. The van der Waals surface area contributed by atoms with E-state index in [1.54, 1.807) is 11.4 Å². The Bertz CT molecular complexity index is 603. The van der Waals surface area contributed by atoms with E-state index in [1.165, 1.54) is 0 Å². The monoisotopic (exact) mass is 346 g/mol. The summed E-state index contributed by atoms with van der Waals surface area (Å²) in [7, 11) is -3.60. The molecule has 3 heterocycles. The van der Waals surface area contributed by atoms with Gasteiger partial charge in [-0.15, -0.1) is 11.3 Å². The molecule has 1 unspecified atom stereocenters. The minimum Gasteiger partial charge on any atom is -0.384 e. The molecule has 124 valence electrons. The van der Waals surface area contributed by atoms with Crippen molar-refractivity contribution in [1.29, 1.82) is 0 Å². The number of primary sulfonamides is 1. The third-order valence-corrected chi connectivity index (χ3v) is 6.84. The molecule has 2 fully saturated rings. The van der Waals surface area contributed by atoms with Gasteiger partial charge in [0.1, 0.15) is 4.21 Å². The molecular formula is C14H22N2O4S2. The van der Waals surface area contributed by atoms with Crippen LogP contribution in [-0.4, -0.2) is 40.4 Å². The topological polar surface area (TPSA) is 90.7 Å². The van der Waals surface area contributed by atoms with Gasteiger partial charge in [0.2, 0.25) is 10.0 Å². The molecule has 2 saturated heterocycles. The summed E-state index contributed by atoms with van der Waals surface area (Å²) < 4.78 is 34.2. The van der Waals surface area contributed by atoms with Crippen molar-refractivity contribution in [3.63, 3.8) is 0 Å². The zero-order chi connectivity index (χ0) is 15.6. The Kier molecular flexibility index (Phi) is 4.75. The Hall–Kier alpha value is -0.670. The van der Waals surface area contributed by atoms with Crippen LogP contribution in [0.3, 0.4) is 0 Å². The van der Waals surface area contributed by atoms with Gasteiger partial charge in [-0.25, -0.2) is 13.6 Å². The molecular weight excluding hydrogens is 324 g/mol. The molecule has 2 aliphatic heterocycles. The van der Waals surface area contributed by atoms with E-state index in [2.05, 4.69) is 5.32 Å². The number of nitrogens with one attached hydrogen (secondary N) is 1. The lowest BCUT2D eigenvalue weighted by Gasteiger charge is -2.43. The van der Waals surface area contributed by atoms with Crippen LogP contribution in [0.5, 0.6) is 0 Å². The summed E-state index contributed by atoms with van der Waals surface area (Å²) >= 11 is 1.15. The number of sulfonamides is 1. The first-order chi connectivity index (χ1) is 10.5. The van der Waals surface area contributed by atoms with Crippen molar-refractivity contribution in [3.05, 3.63) is 11.4 Å². The Morgan fingerprint density at radius 3 is 2.82 bits per heavy atom. The third-order valence-electron chi connectivity index (χ3n) is 4.45. The molecule has 0 radical (unpaired) electrons. The van der Waals surface area contributed by atoms with Crippen LogP contribution in [0.1, 0.15) is 25.7 Å². The predicted molar refractivity (Wildman–Crippen MR) is 85.6 cm³/mol. The van der Waals surface area contributed by atoms with E-state index in [0.29, 0.717) is 5.92 Å². The van der Waals surface area contributed by atoms with Crippen LogP contribution in [0.4, 0.5) is 5.69 Å². The number of hydrogen-bond donors (Lipinski definition) is 2. The van der Waals surface area contributed by atoms with Crippen LogP contribution in [0.2, 0.25) is 0 Å². The van der Waals surface area contributed by atoms with E-state index in [4.69, 9.17) is 14.6 Å². The fraction of sp³-hybridized carbons (Fsp3) is 0.714. The molecule has 0 saturated carbocycles. The predicted octanol–water partition coefficient (Wildman–Crippen LogP) is 1.78. The number of rotatable bonds is 4. The van der Waals surface area contributed by atoms with Gasteiger partial charge in [0, 0.05) is 37.4 Å². The van der Waals surface area contributed by atoms with Crippen molar-refractivity contribution >= 4 is 27.0 Å². The highest BCUT2D eigenvalue weighted by atomic mass is 32.2. The van der Waals surface area contributed by atoms with E-state index in [-0.39, 0.29) is 9.81 Å². The molecule has 3 N–H and O–H groups in total. The second-order valence-corrected chi connectivity index (χ2v) is 8.78. The lowest BCUT2D eigenvalue weighted by molar-refractivity contribution is -0.145. The van der Waals surface area contributed by atoms with Gasteiger partial charge in [0.05, 0.1) is 5.60 Å². The van der Waals surface area contributed by atoms with Gasteiger partial charge in [0.25, 0.3) is 0 Å². The van der Waals surface area contributed by atoms with Crippen LogP contribution in [0.25, 0.3) is 0 Å². The first-order valence-corrected chi connectivity index (χ1v) is 9.96. The summed E-state index contributed by atoms with van der Waals surface area (Å²) in [6.45, 7) is 3.18. The molecule has 0 amide bonds. The third kappa shape index (κ3) is 3.80. The van der Waals surface area contributed by atoms with E-state index in [9.17, 15) is 8.42 Å². The largest absolute Gasteiger partial charge is 0.384 e. The summed E-state index contributed by atoms with van der Waals surface area (Å²) in [6, 6.07) is 1.60. The van der Waals surface area contributed by atoms with Crippen LogP contribution < -0.4 is 10.5 Å². The molecule has 0 aliphatic carbocycles. The first-order valence-electron chi connectivity index (χ1n) is 7.54. The van der Waals surface area contributed by atoms with Gasteiger partial charge in [-0.2, -0.15) is 0 Å². The Labute approximate surface area is 135 Å². The van der Waals surface area contributed by atoms with E-state index in [0.717, 1.165) is 69.1 Å². The Morgan fingerprint density at radius 2 is 2.14 bits per heavy atom. The van der Waals surface area contributed by atoms with Crippen molar-refractivity contribution in [2.24, 2.45) is 11.1 Å². The molecule has 2 aliphatic rings. The first kappa shape index (κ1) is 16.2. The summed E-state index contributed by atoms with van der Waals surface area (Å²) in [4.78, 5) is 0. The van der Waals surface area contributed by atoms with E-state index < -0.39 is 10.0 Å². The zero-order valence-corrected chi connectivity index (χ0v) is 14.0. The summed E-state index contributed by atoms with van der Waals surface area (Å²) in [5.41, 5.74) is 0.810. The second-order valence-electron chi connectivity index (χ2n) is 6.08. The molecule has 0 bridgehead atoms. The normalized spacial score (nSPS) is 25.2. The van der Waals surface area contributed by atoms with Crippen molar-refractivity contribution < 1.29 is 17.9 Å². The summed E-state index contributed by atoms with van der Waals surface area (Å²) in [5, 5.41) is 10.3. The number of anilines is 1. The highest BCUT2D eigenvalue weighted by molar-refractivity contribution is 7.91. The van der Waals surface area contributed by atoms with Gasteiger partial charge in [-0.05, 0) is 37.7 Å². The van der Waals surface area contributed by atoms with Gasteiger partial charge < -0.3 is 14.8 Å². The standard InChI is InChI=1S/C14H22N2O4S2/c15-22(17,18)13-7-12(10-21-13)16-9-11-1-4-20-14(8-11)2-5-19-6-3-14/h7,10-11,16H,1-6,8-9H2,(H2,15,17,18). The second kappa shape index (κ2) is 6.45. The minimum absolute atomic E-state index is 0.0107. The SMILES string of the molecule is NS(=O)(=O)c1cc(NCC2CCOC3(CCOCC3)C2)cs1. The average molecular weight is 346 g/mol. The Balaban J connectivity index is 1.56. The maximum absolute atomic E-state index is 11.3. The van der Waals surface area contributed by atoms with Gasteiger partial charge in [-0.1, -0.05) is 0 Å². The smallest absolute Gasteiger partial charge is 0.247 e. The average Bonchev–Trinajstić information content (AvgIpc) is 2.95. The fourth-order valence-corrected chi connectivity index (χ4v) is 4.78. The minimum atomic E-state index is -3.60. The highest BCUT2D eigenvalue weighted by Gasteiger charge is 2.38. The lowest BCUT2D eigenvalue weighted by Crippen LogP contribution is -2.45. The summed E-state index contributed by atoms with van der Waals surface area (Å²) in [6.07, 6.45) is 4.01. The molecule has 6 nitrogen and oxygen atoms in total. The highest BCUT2D eigenvalue weighted by Crippen LogP contribution is 2.37. The van der Waals surface area contributed by atoms with Crippen LogP contribution >= 0.6 is 11.3 Å². The molecule has 8 heteroatoms. The number of hydrogen-bond acceptors (Lipinski definition) is 6. The molecule has 1 aromatic rings. The molecule has 1 aromatic heterocycles. The van der Waals surface area contributed by atoms with Gasteiger partial charge in [0.15, 0.2) is 0 Å². The van der Waals surface area contributed by atoms with E-state index >= 15 is 0 Å². The van der Waals surface area contributed by atoms with Crippen molar-refractivity contribution in [2.45, 2.75) is 35.5 Å². The maximum Gasteiger partial charge on any atom is 0.247 e. The molecule has 3 rings (SSSR count). The van der Waals surface area contributed by atoms with Crippen LogP contribution in [0, 0.1) is 5.92 Å². The van der Waals surface area contributed by atoms with Gasteiger partial charge >= 0.3 is 0 Å². The van der Waals surface area contributed by atoms with Crippen LogP contribution in [-0.2, 0) is 19.5 Å². The number of nitrogens with two attached hydrogens (primary N) is 1. The van der Waals surface area contributed by atoms with Crippen molar-refractivity contribution in [1.82, 2.24) is 0 Å². The quantitative estimate of drug-likeness (QED) is 0.867. The number of thiophene rings is 1. The molecule has 22 heavy (non-hydrogen) atoms. The summed E-state index contributed by atoms with van der Waals surface area (Å²) in [5.74, 6) is 0.532. The van der Waals surface area contributed by atoms with Crippen molar-refractivity contribution in [3.8, 4) is 0 Å².